The second-order valence-corrected chi connectivity index (χ2v) is 7.21. The molecule has 0 fully saturated rings. The Morgan fingerprint density at radius 3 is 2.75 bits per heavy atom. The summed E-state index contributed by atoms with van der Waals surface area (Å²) in [6.07, 6.45) is 3.50. The minimum absolute atomic E-state index is 0.0129. The van der Waals surface area contributed by atoms with Crippen molar-refractivity contribution in [3.63, 3.8) is 0 Å². The molecule has 0 unspecified atom stereocenters. The minimum atomic E-state index is -3.05. The summed E-state index contributed by atoms with van der Waals surface area (Å²) in [5, 5.41) is 6.86. The van der Waals surface area contributed by atoms with E-state index in [1.807, 2.05) is 19.2 Å². The lowest BCUT2D eigenvalue weighted by atomic mass is 10.3. The molecule has 0 saturated heterocycles. The number of rotatable bonds is 7. The van der Waals surface area contributed by atoms with Gasteiger partial charge in [-0.3, -0.25) is 4.68 Å². The number of hydrogen-bond acceptors (Lipinski definition) is 4. The van der Waals surface area contributed by atoms with E-state index in [1.54, 1.807) is 24.9 Å². The highest BCUT2D eigenvalue weighted by molar-refractivity contribution is 7.91. The van der Waals surface area contributed by atoms with Crippen molar-refractivity contribution >= 4 is 15.9 Å². The molecule has 0 aromatic carbocycles. The minimum Gasteiger partial charge on any atom is -0.334 e. The van der Waals surface area contributed by atoms with Crippen molar-refractivity contribution in [1.82, 2.24) is 20.0 Å². The summed E-state index contributed by atoms with van der Waals surface area (Å²) in [5.74, 6) is 0.0825. The van der Waals surface area contributed by atoms with Crippen LogP contribution in [-0.4, -0.2) is 60.3 Å². The zero-order chi connectivity index (χ0) is 15.2. The molecular formula is C12H22N4O3S. The Balaban J connectivity index is 2.37. The van der Waals surface area contributed by atoms with Crippen LogP contribution in [0.2, 0.25) is 0 Å². The van der Waals surface area contributed by atoms with Crippen LogP contribution in [0.3, 0.4) is 0 Å². The van der Waals surface area contributed by atoms with E-state index in [0.29, 0.717) is 6.54 Å². The summed E-state index contributed by atoms with van der Waals surface area (Å²) in [6, 6.07) is 1.44. The molecule has 1 N–H and O–H groups in total. The van der Waals surface area contributed by atoms with E-state index in [0.717, 1.165) is 0 Å². The van der Waals surface area contributed by atoms with Crippen LogP contribution in [0.25, 0.3) is 0 Å². The molecule has 114 valence electrons. The molecule has 20 heavy (non-hydrogen) atoms. The van der Waals surface area contributed by atoms with Crippen molar-refractivity contribution in [1.29, 1.82) is 0 Å². The molecule has 1 aromatic rings. The third kappa shape index (κ3) is 5.60. The Labute approximate surface area is 119 Å². The molecule has 0 saturated carbocycles. The monoisotopic (exact) mass is 302 g/mol. The number of amides is 2. The number of aromatic nitrogens is 2. The zero-order valence-corrected chi connectivity index (χ0v) is 12.9. The summed E-state index contributed by atoms with van der Waals surface area (Å²) in [7, 11) is -1.47. The summed E-state index contributed by atoms with van der Waals surface area (Å²) in [6.45, 7) is 4.23. The van der Waals surface area contributed by atoms with Crippen molar-refractivity contribution in [3.05, 3.63) is 18.5 Å². The molecule has 0 spiro atoms. The molecule has 0 aliphatic heterocycles. The lowest BCUT2D eigenvalue weighted by Gasteiger charge is -2.21. The first-order valence-electron chi connectivity index (χ1n) is 6.53. The lowest BCUT2D eigenvalue weighted by Crippen LogP contribution is -2.45. The smallest absolute Gasteiger partial charge is 0.317 e. The van der Waals surface area contributed by atoms with Gasteiger partial charge in [0.1, 0.15) is 0 Å². The molecule has 0 radical (unpaired) electrons. The van der Waals surface area contributed by atoms with E-state index >= 15 is 0 Å². The van der Waals surface area contributed by atoms with Crippen LogP contribution in [0.1, 0.15) is 13.8 Å². The second-order valence-electron chi connectivity index (χ2n) is 4.74. The highest BCUT2D eigenvalue weighted by atomic mass is 32.2. The molecule has 8 heteroatoms. The van der Waals surface area contributed by atoms with Crippen LogP contribution in [0.5, 0.6) is 0 Å². The summed E-state index contributed by atoms with van der Waals surface area (Å²) in [4.78, 5) is 13.3. The van der Waals surface area contributed by atoms with Crippen molar-refractivity contribution in [2.75, 3.05) is 25.1 Å². The SMILES string of the molecule is CCS(=O)(=O)CCN(C)C(=O)N[C@@H](C)Cn1cccn1. The van der Waals surface area contributed by atoms with Gasteiger partial charge in [0.15, 0.2) is 9.84 Å². The number of carbonyl (C=O) groups is 1. The van der Waals surface area contributed by atoms with Gasteiger partial charge in [-0.2, -0.15) is 5.10 Å². The van der Waals surface area contributed by atoms with E-state index < -0.39 is 9.84 Å². The van der Waals surface area contributed by atoms with Gasteiger partial charge in [-0.05, 0) is 13.0 Å². The number of nitrogens with zero attached hydrogens (tertiary/aromatic N) is 3. The van der Waals surface area contributed by atoms with Gasteiger partial charge in [-0.25, -0.2) is 13.2 Å². The van der Waals surface area contributed by atoms with Gasteiger partial charge in [0.25, 0.3) is 0 Å². The predicted molar refractivity (Wildman–Crippen MR) is 77.2 cm³/mol. The number of carbonyl (C=O) groups excluding carboxylic acids is 1. The largest absolute Gasteiger partial charge is 0.334 e. The molecule has 7 nitrogen and oxygen atoms in total. The Bertz CT molecular complexity index is 513. The van der Waals surface area contributed by atoms with Gasteiger partial charge in [-0.15, -0.1) is 0 Å². The Hall–Kier alpha value is -1.57. The fourth-order valence-electron chi connectivity index (χ4n) is 1.58. The van der Waals surface area contributed by atoms with Crippen molar-refractivity contribution in [3.8, 4) is 0 Å². The van der Waals surface area contributed by atoms with Crippen LogP contribution in [0.4, 0.5) is 4.79 Å². The van der Waals surface area contributed by atoms with Crippen LogP contribution in [0.15, 0.2) is 18.5 Å². The van der Waals surface area contributed by atoms with E-state index in [4.69, 9.17) is 0 Å². The van der Waals surface area contributed by atoms with Crippen molar-refractivity contribution in [2.24, 2.45) is 0 Å². The molecule has 1 atom stereocenters. The van der Waals surface area contributed by atoms with Crippen LogP contribution in [0, 0.1) is 0 Å². The molecule has 2 amide bonds. The van der Waals surface area contributed by atoms with Gasteiger partial charge in [0.2, 0.25) is 0 Å². The van der Waals surface area contributed by atoms with Gasteiger partial charge in [-0.1, -0.05) is 6.92 Å². The molecule has 1 heterocycles. The van der Waals surface area contributed by atoms with E-state index in [9.17, 15) is 13.2 Å². The molecule has 1 aromatic heterocycles. The molecule has 0 aliphatic rings. The zero-order valence-electron chi connectivity index (χ0n) is 12.1. The number of nitrogens with one attached hydrogen (secondary N) is 1. The second kappa shape index (κ2) is 7.28. The Morgan fingerprint density at radius 1 is 1.50 bits per heavy atom. The third-order valence-electron chi connectivity index (χ3n) is 2.91. The quantitative estimate of drug-likeness (QED) is 0.787. The average Bonchev–Trinajstić information content (AvgIpc) is 2.88. The van der Waals surface area contributed by atoms with E-state index in [2.05, 4.69) is 10.4 Å². The molecule has 0 aliphatic carbocycles. The summed E-state index contributed by atoms with van der Waals surface area (Å²) >= 11 is 0. The maximum Gasteiger partial charge on any atom is 0.317 e. The van der Waals surface area contributed by atoms with Gasteiger partial charge in [0.05, 0.1) is 12.3 Å². The maximum absolute atomic E-state index is 11.9. The summed E-state index contributed by atoms with van der Waals surface area (Å²) < 4.78 is 24.5. The fourth-order valence-corrected chi connectivity index (χ4v) is 2.42. The first kappa shape index (κ1) is 16.5. The third-order valence-corrected chi connectivity index (χ3v) is 4.60. The average molecular weight is 302 g/mol. The number of sulfone groups is 1. The Kier molecular flexibility index (Phi) is 6.00. The van der Waals surface area contributed by atoms with Gasteiger partial charge < -0.3 is 10.2 Å². The van der Waals surface area contributed by atoms with E-state index in [-0.39, 0.29) is 30.1 Å². The normalized spacial score (nSPS) is 12.9. The van der Waals surface area contributed by atoms with Gasteiger partial charge >= 0.3 is 6.03 Å². The summed E-state index contributed by atoms with van der Waals surface area (Å²) in [5.41, 5.74) is 0. The predicted octanol–water partition coefficient (Wildman–Crippen LogP) is 0.348. The highest BCUT2D eigenvalue weighted by Crippen LogP contribution is 1.95. The van der Waals surface area contributed by atoms with Crippen LogP contribution >= 0.6 is 0 Å². The Morgan fingerprint density at radius 2 is 2.20 bits per heavy atom. The number of hydrogen-bond donors (Lipinski definition) is 1. The van der Waals surface area contributed by atoms with Gasteiger partial charge in [0, 0.05) is 37.8 Å². The first-order valence-corrected chi connectivity index (χ1v) is 8.35. The molecule has 1 rings (SSSR count). The van der Waals surface area contributed by atoms with E-state index in [1.165, 1.54) is 4.90 Å². The topological polar surface area (TPSA) is 84.3 Å². The maximum atomic E-state index is 11.9. The number of urea groups is 1. The van der Waals surface area contributed by atoms with Crippen LogP contribution < -0.4 is 5.32 Å². The van der Waals surface area contributed by atoms with Crippen molar-refractivity contribution in [2.45, 2.75) is 26.4 Å². The van der Waals surface area contributed by atoms with Crippen molar-refractivity contribution < 1.29 is 13.2 Å². The van der Waals surface area contributed by atoms with Crippen LogP contribution in [-0.2, 0) is 16.4 Å². The lowest BCUT2D eigenvalue weighted by molar-refractivity contribution is 0.206. The highest BCUT2D eigenvalue weighted by Gasteiger charge is 2.15. The standard InChI is InChI=1S/C12H22N4O3S/c1-4-20(18,19)9-8-15(3)12(17)14-11(2)10-16-7-5-6-13-16/h5-7,11H,4,8-10H2,1-3H3,(H,14,17)/t11-/m0/s1. The fraction of sp³-hybridized carbons (Fsp3) is 0.667. The molecule has 0 bridgehead atoms. The first-order chi connectivity index (χ1) is 9.34. The molecular weight excluding hydrogens is 280 g/mol.